The first-order chi connectivity index (χ1) is 10.1. The number of ether oxygens (including phenoxy) is 1. The average Bonchev–Trinajstić information content (AvgIpc) is 2.46. The number of nitrogens with one attached hydrogen (secondary N) is 1. The van der Waals surface area contributed by atoms with Gasteiger partial charge in [0.1, 0.15) is 11.3 Å². The van der Waals surface area contributed by atoms with Gasteiger partial charge < -0.3 is 20.9 Å². The van der Waals surface area contributed by atoms with E-state index in [1.54, 1.807) is 6.07 Å². The minimum Gasteiger partial charge on any atom is -0.496 e. The van der Waals surface area contributed by atoms with Gasteiger partial charge in [0.05, 0.1) is 7.11 Å². The lowest BCUT2D eigenvalue weighted by Gasteiger charge is -2.09. The van der Waals surface area contributed by atoms with E-state index in [0.717, 1.165) is 25.7 Å². The van der Waals surface area contributed by atoms with E-state index in [1.165, 1.54) is 19.2 Å². The topological polar surface area (TPSA) is 102 Å². The third-order valence-electron chi connectivity index (χ3n) is 3.07. The Hall–Kier alpha value is -2.08. The van der Waals surface area contributed by atoms with Gasteiger partial charge in [-0.1, -0.05) is 12.8 Å². The van der Waals surface area contributed by atoms with Crippen molar-refractivity contribution in [2.24, 2.45) is 5.73 Å². The molecule has 0 heterocycles. The highest BCUT2D eigenvalue weighted by molar-refractivity contribution is 5.94. The average molecular weight is 294 g/mol. The summed E-state index contributed by atoms with van der Waals surface area (Å²) >= 11 is 0. The summed E-state index contributed by atoms with van der Waals surface area (Å²) in [4.78, 5) is 22.7. The Morgan fingerprint density at radius 3 is 2.57 bits per heavy atom. The smallest absolute Gasteiger partial charge is 0.339 e. The second-order valence-electron chi connectivity index (χ2n) is 4.72. The monoisotopic (exact) mass is 294 g/mol. The van der Waals surface area contributed by atoms with Crippen LogP contribution in [0.1, 0.15) is 42.5 Å². The van der Waals surface area contributed by atoms with Gasteiger partial charge in [-0.15, -0.1) is 0 Å². The molecule has 0 fully saturated rings. The van der Waals surface area contributed by atoms with E-state index >= 15 is 0 Å². The summed E-state index contributed by atoms with van der Waals surface area (Å²) < 4.78 is 5.01. The van der Waals surface area contributed by atoms with Crippen LogP contribution in [0.2, 0.25) is 0 Å². The first-order valence-electron chi connectivity index (χ1n) is 6.99. The SMILES string of the molecule is COc1cc(NC(=O)CCCCCCN)ccc1C(=O)O. The van der Waals surface area contributed by atoms with Crippen LogP contribution in [-0.4, -0.2) is 30.6 Å². The molecule has 0 aliphatic heterocycles. The van der Waals surface area contributed by atoms with Crippen LogP contribution in [0.25, 0.3) is 0 Å². The predicted molar refractivity (Wildman–Crippen MR) is 80.7 cm³/mol. The van der Waals surface area contributed by atoms with Crippen LogP contribution in [0, 0.1) is 0 Å². The van der Waals surface area contributed by atoms with E-state index in [9.17, 15) is 9.59 Å². The Balaban J connectivity index is 2.51. The molecule has 0 atom stereocenters. The molecule has 21 heavy (non-hydrogen) atoms. The molecule has 0 aromatic heterocycles. The molecular formula is C15H22N2O4. The van der Waals surface area contributed by atoms with Gasteiger partial charge in [0.15, 0.2) is 0 Å². The molecule has 0 saturated heterocycles. The summed E-state index contributed by atoms with van der Waals surface area (Å²) in [6.45, 7) is 0.682. The number of hydrogen-bond acceptors (Lipinski definition) is 4. The van der Waals surface area contributed by atoms with Crippen LogP contribution < -0.4 is 15.8 Å². The maximum atomic E-state index is 11.8. The summed E-state index contributed by atoms with van der Waals surface area (Å²) in [7, 11) is 1.39. The second-order valence-corrected chi connectivity index (χ2v) is 4.72. The molecule has 6 heteroatoms. The maximum Gasteiger partial charge on any atom is 0.339 e. The molecule has 4 N–H and O–H groups in total. The van der Waals surface area contributed by atoms with Gasteiger partial charge in [0, 0.05) is 18.2 Å². The molecule has 1 amide bonds. The lowest BCUT2D eigenvalue weighted by atomic mass is 10.1. The number of aromatic carboxylic acids is 1. The van der Waals surface area contributed by atoms with E-state index in [-0.39, 0.29) is 17.2 Å². The van der Waals surface area contributed by atoms with Gasteiger partial charge >= 0.3 is 5.97 Å². The van der Waals surface area contributed by atoms with E-state index in [4.69, 9.17) is 15.6 Å². The molecule has 0 radical (unpaired) electrons. The Morgan fingerprint density at radius 2 is 1.95 bits per heavy atom. The normalized spacial score (nSPS) is 10.2. The molecule has 0 bridgehead atoms. The van der Waals surface area contributed by atoms with Gasteiger partial charge in [0.25, 0.3) is 0 Å². The van der Waals surface area contributed by atoms with Crippen LogP contribution in [0.5, 0.6) is 5.75 Å². The molecule has 116 valence electrons. The number of unbranched alkanes of at least 4 members (excludes halogenated alkanes) is 3. The van der Waals surface area contributed by atoms with E-state index in [0.29, 0.717) is 18.7 Å². The highest BCUT2D eigenvalue weighted by atomic mass is 16.5. The zero-order chi connectivity index (χ0) is 15.7. The quantitative estimate of drug-likeness (QED) is 0.606. The molecule has 1 aromatic rings. The Bertz CT molecular complexity index is 489. The highest BCUT2D eigenvalue weighted by Crippen LogP contribution is 2.23. The largest absolute Gasteiger partial charge is 0.496 e. The number of methoxy groups -OCH3 is 1. The number of hydrogen-bond donors (Lipinski definition) is 3. The number of carbonyl (C=O) groups excluding carboxylic acids is 1. The van der Waals surface area contributed by atoms with Crippen LogP contribution in [0.15, 0.2) is 18.2 Å². The van der Waals surface area contributed by atoms with Crippen LogP contribution >= 0.6 is 0 Å². The molecule has 0 saturated carbocycles. The van der Waals surface area contributed by atoms with Crippen LogP contribution in [0.4, 0.5) is 5.69 Å². The van der Waals surface area contributed by atoms with Crippen molar-refractivity contribution in [3.8, 4) is 5.75 Å². The summed E-state index contributed by atoms with van der Waals surface area (Å²) in [5, 5.41) is 11.7. The fourth-order valence-electron chi connectivity index (χ4n) is 1.95. The fourth-order valence-corrected chi connectivity index (χ4v) is 1.95. The summed E-state index contributed by atoms with van der Waals surface area (Å²) in [5.41, 5.74) is 6.00. The van der Waals surface area contributed by atoms with E-state index in [2.05, 4.69) is 5.32 Å². The van der Waals surface area contributed by atoms with Crippen molar-refractivity contribution < 1.29 is 19.4 Å². The number of amides is 1. The zero-order valence-corrected chi connectivity index (χ0v) is 12.2. The zero-order valence-electron chi connectivity index (χ0n) is 12.2. The summed E-state index contributed by atoms with van der Waals surface area (Å²) in [6.07, 6.45) is 4.25. The number of carbonyl (C=O) groups is 2. The summed E-state index contributed by atoms with van der Waals surface area (Å²) in [5.74, 6) is -0.930. The molecule has 6 nitrogen and oxygen atoms in total. The molecule has 0 aliphatic carbocycles. The van der Waals surface area contributed by atoms with Crippen molar-refractivity contribution in [3.05, 3.63) is 23.8 Å². The number of carboxylic acids is 1. The van der Waals surface area contributed by atoms with Gasteiger partial charge in [-0.05, 0) is 31.5 Å². The first kappa shape index (κ1) is 17.0. The molecule has 1 aromatic carbocycles. The van der Waals surface area contributed by atoms with E-state index in [1.807, 2.05) is 0 Å². The van der Waals surface area contributed by atoms with Gasteiger partial charge in [-0.3, -0.25) is 4.79 Å². The lowest BCUT2D eigenvalue weighted by Crippen LogP contribution is -2.11. The minimum absolute atomic E-state index is 0.0669. The Kier molecular flexibility index (Phi) is 7.25. The minimum atomic E-state index is -1.07. The number of carboxylic acid groups (broad SMARTS) is 1. The highest BCUT2D eigenvalue weighted by Gasteiger charge is 2.12. The Labute approximate surface area is 124 Å². The van der Waals surface area contributed by atoms with Gasteiger partial charge in [-0.25, -0.2) is 4.79 Å². The second kappa shape index (κ2) is 8.97. The van der Waals surface area contributed by atoms with Crippen molar-refractivity contribution in [1.29, 1.82) is 0 Å². The standard InChI is InChI=1S/C15H22N2O4/c1-21-13-10-11(7-8-12(13)15(19)20)17-14(18)6-4-2-3-5-9-16/h7-8,10H,2-6,9,16H2,1H3,(H,17,18)(H,19,20). The van der Waals surface area contributed by atoms with Crippen molar-refractivity contribution >= 4 is 17.6 Å². The molecule has 0 unspecified atom stereocenters. The third kappa shape index (κ3) is 5.83. The molecule has 0 spiro atoms. The Morgan fingerprint density at radius 1 is 1.24 bits per heavy atom. The lowest BCUT2D eigenvalue weighted by molar-refractivity contribution is -0.116. The predicted octanol–water partition coefficient (Wildman–Crippen LogP) is 2.24. The van der Waals surface area contributed by atoms with Crippen LogP contribution in [-0.2, 0) is 4.79 Å². The fraction of sp³-hybridized carbons (Fsp3) is 0.467. The number of anilines is 1. The van der Waals surface area contributed by atoms with Crippen molar-refractivity contribution in [2.45, 2.75) is 32.1 Å². The maximum absolute atomic E-state index is 11.8. The van der Waals surface area contributed by atoms with E-state index < -0.39 is 5.97 Å². The third-order valence-corrected chi connectivity index (χ3v) is 3.07. The summed E-state index contributed by atoms with van der Waals surface area (Å²) in [6, 6.07) is 4.48. The van der Waals surface area contributed by atoms with Crippen molar-refractivity contribution in [1.82, 2.24) is 0 Å². The number of rotatable bonds is 9. The van der Waals surface area contributed by atoms with Crippen molar-refractivity contribution in [3.63, 3.8) is 0 Å². The van der Waals surface area contributed by atoms with Crippen molar-refractivity contribution in [2.75, 3.05) is 19.0 Å². The van der Waals surface area contributed by atoms with Gasteiger partial charge in [-0.2, -0.15) is 0 Å². The number of benzene rings is 1. The number of nitrogens with two attached hydrogens (primary N) is 1. The molecule has 0 aliphatic rings. The van der Waals surface area contributed by atoms with Gasteiger partial charge in [0.2, 0.25) is 5.91 Å². The first-order valence-corrected chi connectivity index (χ1v) is 6.99. The molecule has 1 rings (SSSR count). The molecular weight excluding hydrogens is 272 g/mol. The van der Waals surface area contributed by atoms with Crippen LogP contribution in [0.3, 0.4) is 0 Å².